The summed E-state index contributed by atoms with van der Waals surface area (Å²) in [7, 11) is 0. The van der Waals surface area contributed by atoms with Crippen LogP contribution in [0.2, 0.25) is 0 Å². The van der Waals surface area contributed by atoms with E-state index in [4.69, 9.17) is 4.42 Å². The molecule has 0 bridgehead atoms. The largest absolute Gasteiger partial charge is 0.453 e. The van der Waals surface area contributed by atoms with E-state index in [0.29, 0.717) is 29.9 Å². The van der Waals surface area contributed by atoms with E-state index in [9.17, 15) is 9.59 Å². The summed E-state index contributed by atoms with van der Waals surface area (Å²) in [6.07, 6.45) is 0.316. The lowest BCUT2D eigenvalue weighted by Crippen LogP contribution is -2.26. The van der Waals surface area contributed by atoms with Gasteiger partial charge in [0.15, 0.2) is 11.5 Å². The van der Waals surface area contributed by atoms with E-state index in [1.54, 1.807) is 18.2 Å². The Morgan fingerprint density at radius 3 is 2.35 bits per heavy atom. The highest BCUT2D eigenvalue weighted by molar-refractivity contribution is 5.98. The predicted octanol–water partition coefficient (Wildman–Crippen LogP) is 5.61. The van der Waals surface area contributed by atoms with Crippen LogP contribution in [0.4, 0.5) is 5.69 Å². The third-order valence-electron chi connectivity index (χ3n) is 5.18. The quantitative estimate of drug-likeness (QED) is 0.369. The lowest BCUT2D eigenvalue weighted by Gasteiger charge is -2.14. The molecule has 0 fully saturated rings. The Labute approximate surface area is 181 Å². The van der Waals surface area contributed by atoms with Gasteiger partial charge in [-0.25, -0.2) is 0 Å². The number of Topliss-reactive ketones (excluding diaryl/α,β-unsaturated/α-hetero) is 1. The molecule has 156 valence electrons. The number of amides is 1. The third kappa shape index (κ3) is 5.01. The molecule has 4 rings (SSSR count). The number of carbonyl (C=O) groups excluding carboxylic acids is 2. The number of para-hydroxylation sites is 1. The molecule has 0 aliphatic heterocycles. The molecule has 31 heavy (non-hydrogen) atoms. The minimum absolute atomic E-state index is 0.0467. The van der Waals surface area contributed by atoms with Gasteiger partial charge in [0, 0.05) is 29.6 Å². The summed E-state index contributed by atoms with van der Waals surface area (Å²) < 4.78 is 5.62. The number of carbonyl (C=O) groups is 2. The number of ketones is 1. The second-order valence-electron chi connectivity index (χ2n) is 7.43. The fourth-order valence-corrected chi connectivity index (χ4v) is 3.41. The molecule has 0 radical (unpaired) electrons. The number of hydrogen-bond donors (Lipinski definition) is 2. The van der Waals surface area contributed by atoms with Crippen molar-refractivity contribution in [3.63, 3.8) is 0 Å². The van der Waals surface area contributed by atoms with Crippen LogP contribution in [0.3, 0.4) is 0 Å². The first kappa shape index (κ1) is 20.4. The molecule has 5 nitrogen and oxygen atoms in total. The van der Waals surface area contributed by atoms with E-state index >= 15 is 0 Å². The fourth-order valence-electron chi connectivity index (χ4n) is 3.41. The molecule has 5 heteroatoms. The first-order chi connectivity index (χ1) is 15.1. The van der Waals surface area contributed by atoms with Crippen molar-refractivity contribution in [1.29, 1.82) is 0 Å². The van der Waals surface area contributed by atoms with Crippen molar-refractivity contribution in [1.82, 2.24) is 5.32 Å². The predicted molar refractivity (Wildman–Crippen MR) is 122 cm³/mol. The zero-order valence-electron chi connectivity index (χ0n) is 17.3. The molecular formula is C26H24N2O3. The smallest absolute Gasteiger partial charge is 0.251 e. The Hall–Kier alpha value is -3.86. The summed E-state index contributed by atoms with van der Waals surface area (Å²) >= 11 is 0. The zero-order valence-corrected chi connectivity index (χ0v) is 17.3. The highest BCUT2D eigenvalue weighted by atomic mass is 16.3. The van der Waals surface area contributed by atoms with Crippen molar-refractivity contribution in [2.45, 2.75) is 19.4 Å². The first-order valence-corrected chi connectivity index (χ1v) is 10.3. The van der Waals surface area contributed by atoms with Crippen LogP contribution in [0.5, 0.6) is 0 Å². The van der Waals surface area contributed by atoms with Gasteiger partial charge in [-0.2, -0.15) is 0 Å². The van der Waals surface area contributed by atoms with Gasteiger partial charge >= 0.3 is 0 Å². The molecule has 2 N–H and O–H groups in total. The van der Waals surface area contributed by atoms with Gasteiger partial charge in [0.1, 0.15) is 5.58 Å². The zero-order chi connectivity index (χ0) is 21.6. The number of furan rings is 1. The van der Waals surface area contributed by atoms with Crippen molar-refractivity contribution in [2.75, 3.05) is 11.9 Å². The SMILES string of the molecule is C[C@@H](NC(=O)c1ccc(NCCC(=O)c2cc3ccccc3o2)cc1)c1ccccc1. The molecule has 0 spiro atoms. The number of anilines is 1. The van der Waals surface area contributed by atoms with Crippen LogP contribution >= 0.6 is 0 Å². The van der Waals surface area contributed by atoms with Gasteiger partial charge in [-0.3, -0.25) is 9.59 Å². The van der Waals surface area contributed by atoms with Crippen molar-refractivity contribution in [3.8, 4) is 0 Å². The number of rotatable bonds is 8. The standard InChI is InChI=1S/C26H24N2O3/c1-18(19-7-3-2-4-8-19)28-26(30)20-11-13-22(14-12-20)27-16-15-23(29)25-17-21-9-5-6-10-24(21)31-25/h2-14,17-18,27H,15-16H2,1H3,(H,28,30)/t18-/m1/s1. The Balaban J connectivity index is 1.28. The molecule has 0 aliphatic carbocycles. The Bertz CT molecular complexity index is 1150. The molecule has 0 aliphatic rings. The molecule has 1 aromatic heterocycles. The Kier molecular flexibility index (Phi) is 6.13. The molecule has 0 saturated heterocycles. The fraction of sp³-hybridized carbons (Fsp3) is 0.154. The van der Waals surface area contributed by atoms with Crippen LogP contribution in [0.1, 0.15) is 45.9 Å². The van der Waals surface area contributed by atoms with Crippen molar-refractivity contribution in [3.05, 3.63) is 102 Å². The second kappa shape index (κ2) is 9.30. The van der Waals surface area contributed by atoms with Crippen molar-refractivity contribution in [2.24, 2.45) is 0 Å². The molecular weight excluding hydrogens is 388 g/mol. The van der Waals surface area contributed by atoms with E-state index in [1.165, 1.54) is 0 Å². The van der Waals surface area contributed by atoms with Crippen LogP contribution in [0.25, 0.3) is 11.0 Å². The summed E-state index contributed by atoms with van der Waals surface area (Å²) in [6, 6.07) is 26.4. The Morgan fingerprint density at radius 2 is 1.61 bits per heavy atom. The maximum atomic E-state index is 12.5. The van der Waals surface area contributed by atoms with Crippen LogP contribution in [-0.2, 0) is 0 Å². The summed E-state index contributed by atoms with van der Waals surface area (Å²) in [5.74, 6) is 0.208. The summed E-state index contributed by atoms with van der Waals surface area (Å²) in [5, 5.41) is 7.15. The van der Waals surface area contributed by atoms with Crippen LogP contribution < -0.4 is 10.6 Å². The lowest BCUT2D eigenvalue weighted by molar-refractivity contribution is 0.0937. The number of fused-ring (bicyclic) bond motifs is 1. The maximum Gasteiger partial charge on any atom is 0.251 e. The molecule has 4 aromatic rings. The van der Waals surface area contributed by atoms with Crippen LogP contribution in [0.15, 0.2) is 89.3 Å². The molecule has 1 amide bonds. The number of benzene rings is 3. The monoisotopic (exact) mass is 412 g/mol. The molecule has 3 aromatic carbocycles. The maximum absolute atomic E-state index is 12.5. The van der Waals surface area contributed by atoms with Gasteiger partial charge in [0.2, 0.25) is 0 Å². The average molecular weight is 412 g/mol. The van der Waals surface area contributed by atoms with E-state index in [2.05, 4.69) is 10.6 Å². The van der Waals surface area contributed by atoms with Crippen LogP contribution in [-0.4, -0.2) is 18.2 Å². The molecule has 0 saturated carbocycles. The van der Waals surface area contributed by atoms with E-state index in [1.807, 2.05) is 73.7 Å². The summed E-state index contributed by atoms with van der Waals surface area (Å²) in [6.45, 7) is 2.44. The lowest BCUT2D eigenvalue weighted by atomic mass is 10.1. The van der Waals surface area contributed by atoms with E-state index < -0.39 is 0 Å². The minimum Gasteiger partial charge on any atom is -0.453 e. The molecule has 1 heterocycles. The summed E-state index contributed by atoms with van der Waals surface area (Å²) in [4.78, 5) is 24.9. The topological polar surface area (TPSA) is 71.3 Å². The van der Waals surface area contributed by atoms with Crippen molar-refractivity contribution < 1.29 is 14.0 Å². The minimum atomic E-state index is -0.122. The van der Waals surface area contributed by atoms with Gasteiger partial charge < -0.3 is 15.1 Å². The van der Waals surface area contributed by atoms with Crippen LogP contribution in [0, 0.1) is 0 Å². The van der Waals surface area contributed by atoms with Gasteiger partial charge in [0.05, 0.1) is 6.04 Å². The molecule has 0 unspecified atom stereocenters. The first-order valence-electron chi connectivity index (χ1n) is 10.3. The average Bonchev–Trinajstić information content (AvgIpc) is 3.24. The normalized spacial score (nSPS) is 11.8. The van der Waals surface area contributed by atoms with Gasteiger partial charge in [-0.1, -0.05) is 48.5 Å². The third-order valence-corrected chi connectivity index (χ3v) is 5.18. The van der Waals surface area contributed by atoms with Gasteiger partial charge in [-0.15, -0.1) is 0 Å². The highest BCUT2D eigenvalue weighted by Gasteiger charge is 2.13. The summed E-state index contributed by atoms with van der Waals surface area (Å²) in [5.41, 5.74) is 3.22. The Morgan fingerprint density at radius 1 is 0.903 bits per heavy atom. The van der Waals surface area contributed by atoms with E-state index in [-0.39, 0.29) is 17.7 Å². The van der Waals surface area contributed by atoms with Crippen molar-refractivity contribution >= 4 is 28.3 Å². The molecule has 1 atom stereocenters. The second-order valence-corrected chi connectivity index (χ2v) is 7.43. The highest BCUT2D eigenvalue weighted by Crippen LogP contribution is 2.20. The van der Waals surface area contributed by atoms with Gasteiger partial charge in [-0.05, 0) is 48.9 Å². The van der Waals surface area contributed by atoms with Gasteiger partial charge in [0.25, 0.3) is 5.91 Å². The van der Waals surface area contributed by atoms with E-state index in [0.717, 1.165) is 16.6 Å². The number of hydrogen-bond acceptors (Lipinski definition) is 4. The number of nitrogens with one attached hydrogen (secondary N) is 2.